The van der Waals surface area contributed by atoms with Crippen molar-refractivity contribution < 1.29 is 14.3 Å². The summed E-state index contributed by atoms with van der Waals surface area (Å²) < 4.78 is 10.5. The molecule has 0 aliphatic carbocycles. The Labute approximate surface area is 165 Å². The zero-order chi connectivity index (χ0) is 20.3. The van der Waals surface area contributed by atoms with Crippen LogP contribution in [-0.4, -0.2) is 21.7 Å². The summed E-state index contributed by atoms with van der Waals surface area (Å²) in [6, 6.07) is 17.8. The molecule has 0 spiro atoms. The van der Waals surface area contributed by atoms with E-state index in [1.807, 2.05) is 68.4 Å². The molecule has 0 bridgehead atoms. The molecule has 144 valence electrons. The van der Waals surface area contributed by atoms with E-state index in [9.17, 15) is 4.79 Å². The quantitative estimate of drug-likeness (QED) is 0.545. The van der Waals surface area contributed by atoms with Crippen molar-refractivity contribution in [2.75, 3.05) is 0 Å². The van der Waals surface area contributed by atoms with Gasteiger partial charge in [0.2, 0.25) is 0 Å². The van der Waals surface area contributed by atoms with Gasteiger partial charge in [-0.2, -0.15) is 9.97 Å². The van der Waals surface area contributed by atoms with Crippen molar-refractivity contribution in [3.63, 3.8) is 0 Å². The van der Waals surface area contributed by atoms with E-state index in [1.165, 1.54) is 0 Å². The van der Waals surface area contributed by atoms with Gasteiger partial charge in [-0.15, -0.1) is 0 Å². The lowest BCUT2D eigenvalue weighted by Gasteiger charge is -2.18. The van der Waals surface area contributed by atoms with Crippen molar-refractivity contribution in [3.05, 3.63) is 65.7 Å². The summed E-state index contributed by atoms with van der Waals surface area (Å²) in [6.45, 7) is 9.37. The SMILES string of the molecule is Cc1ccc(-c2cc(-c3ccc(C)cc3)nc(OC(=O)OC(C)(C)C)n2)cc1. The molecular weight excluding hydrogens is 352 g/mol. The van der Waals surface area contributed by atoms with Crippen LogP contribution in [-0.2, 0) is 4.74 Å². The number of aryl methyl sites for hydroxylation is 2. The van der Waals surface area contributed by atoms with Crippen molar-refractivity contribution in [1.82, 2.24) is 9.97 Å². The molecule has 2 aromatic carbocycles. The van der Waals surface area contributed by atoms with E-state index in [2.05, 4.69) is 9.97 Å². The lowest BCUT2D eigenvalue weighted by molar-refractivity contribution is 0.0188. The minimum atomic E-state index is -0.830. The monoisotopic (exact) mass is 376 g/mol. The Morgan fingerprint density at radius 3 is 1.61 bits per heavy atom. The zero-order valence-electron chi connectivity index (χ0n) is 16.8. The Bertz CT molecular complexity index is 908. The minimum Gasteiger partial charge on any atom is -0.428 e. The standard InChI is InChI=1S/C23H24N2O3/c1-15-6-10-17(11-7-15)19-14-20(18-12-8-16(2)9-13-18)25-21(24-19)27-22(26)28-23(3,4)5/h6-14H,1-5H3. The third-order valence-corrected chi connectivity index (χ3v) is 3.96. The molecule has 5 nitrogen and oxygen atoms in total. The van der Waals surface area contributed by atoms with Crippen LogP contribution in [0.5, 0.6) is 6.01 Å². The Kier molecular flexibility index (Phi) is 5.45. The highest BCUT2D eigenvalue weighted by atomic mass is 16.7. The third-order valence-electron chi connectivity index (χ3n) is 3.96. The second-order valence-corrected chi connectivity index (χ2v) is 7.72. The zero-order valence-corrected chi connectivity index (χ0v) is 16.8. The van der Waals surface area contributed by atoms with E-state index in [-0.39, 0.29) is 6.01 Å². The number of carbonyl (C=O) groups is 1. The van der Waals surface area contributed by atoms with E-state index >= 15 is 0 Å². The van der Waals surface area contributed by atoms with Gasteiger partial charge in [0.05, 0.1) is 11.4 Å². The summed E-state index contributed by atoms with van der Waals surface area (Å²) in [5, 5.41) is 0. The highest BCUT2D eigenvalue weighted by molar-refractivity contribution is 5.70. The second-order valence-electron chi connectivity index (χ2n) is 7.72. The van der Waals surface area contributed by atoms with Crippen LogP contribution in [0.15, 0.2) is 54.6 Å². The molecule has 0 radical (unpaired) electrons. The average molecular weight is 376 g/mol. The minimum absolute atomic E-state index is 0.0390. The lowest BCUT2D eigenvalue weighted by Crippen LogP contribution is -2.26. The first-order chi connectivity index (χ1) is 13.2. The fourth-order valence-corrected chi connectivity index (χ4v) is 2.56. The van der Waals surface area contributed by atoms with Crippen molar-refractivity contribution in [1.29, 1.82) is 0 Å². The van der Waals surface area contributed by atoms with E-state index in [4.69, 9.17) is 9.47 Å². The molecule has 1 aromatic heterocycles. The van der Waals surface area contributed by atoms with Gasteiger partial charge in [0.25, 0.3) is 0 Å². The van der Waals surface area contributed by atoms with E-state index in [1.54, 1.807) is 20.8 Å². The molecule has 0 saturated heterocycles. The fourth-order valence-electron chi connectivity index (χ4n) is 2.56. The van der Waals surface area contributed by atoms with E-state index in [0.717, 1.165) is 22.3 Å². The van der Waals surface area contributed by atoms with Crippen molar-refractivity contribution in [2.45, 2.75) is 40.2 Å². The number of hydrogen-bond donors (Lipinski definition) is 0. The van der Waals surface area contributed by atoms with Gasteiger partial charge in [-0.05, 0) is 40.7 Å². The molecular formula is C23H24N2O3. The Morgan fingerprint density at radius 1 is 0.786 bits per heavy atom. The number of nitrogens with zero attached hydrogens (tertiary/aromatic N) is 2. The predicted molar refractivity (Wildman–Crippen MR) is 109 cm³/mol. The Hall–Kier alpha value is -3.21. The predicted octanol–water partition coefficient (Wildman–Crippen LogP) is 5.74. The molecule has 3 rings (SSSR count). The topological polar surface area (TPSA) is 61.3 Å². The maximum atomic E-state index is 12.1. The van der Waals surface area contributed by atoms with Crippen molar-refractivity contribution >= 4 is 6.16 Å². The summed E-state index contributed by atoms with van der Waals surface area (Å²) >= 11 is 0. The molecule has 0 atom stereocenters. The molecule has 0 fully saturated rings. The summed E-state index contributed by atoms with van der Waals surface area (Å²) in [5.74, 6) is 0. The van der Waals surface area contributed by atoms with Crippen molar-refractivity contribution in [3.8, 4) is 28.5 Å². The van der Waals surface area contributed by atoms with E-state index < -0.39 is 11.8 Å². The van der Waals surface area contributed by atoms with Gasteiger partial charge in [0.1, 0.15) is 5.60 Å². The normalized spacial score (nSPS) is 11.2. The van der Waals surface area contributed by atoms with Gasteiger partial charge in [-0.25, -0.2) is 4.79 Å². The third kappa shape index (κ3) is 5.16. The largest absolute Gasteiger partial charge is 0.516 e. The average Bonchev–Trinajstić information content (AvgIpc) is 2.61. The smallest absolute Gasteiger partial charge is 0.428 e. The highest BCUT2D eigenvalue weighted by Crippen LogP contribution is 2.27. The Balaban J connectivity index is 2.01. The van der Waals surface area contributed by atoms with Crippen LogP contribution in [0, 0.1) is 13.8 Å². The summed E-state index contributed by atoms with van der Waals surface area (Å²) in [7, 11) is 0. The van der Waals surface area contributed by atoms with Gasteiger partial charge >= 0.3 is 12.2 Å². The molecule has 0 N–H and O–H groups in total. The van der Waals surface area contributed by atoms with Crippen LogP contribution in [0.3, 0.4) is 0 Å². The van der Waals surface area contributed by atoms with Crippen LogP contribution in [0.25, 0.3) is 22.5 Å². The van der Waals surface area contributed by atoms with Crippen molar-refractivity contribution in [2.24, 2.45) is 0 Å². The first-order valence-corrected chi connectivity index (χ1v) is 9.14. The van der Waals surface area contributed by atoms with Gasteiger partial charge in [0.15, 0.2) is 0 Å². The summed E-state index contributed by atoms with van der Waals surface area (Å²) in [6.07, 6.45) is -0.830. The molecule has 5 heteroatoms. The maximum Gasteiger partial charge on any atom is 0.516 e. The maximum absolute atomic E-state index is 12.1. The summed E-state index contributed by atoms with van der Waals surface area (Å²) in [5.41, 5.74) is 4.81. The number of carbonyl (C=O) groups excluding carboxylic acids is 1. The van der Waals surface area contributed by atoms with Gasteiger partial charge in [-0.1, -0.05) is 59.7 Å². The molecule has 0 unspecified atom stereocenters. The molecule has 3 aromatic rings. The number of ether oxygens (including phenoxy) is 2. The Morgan fingerprint density at radius 2 is 1.21 bits per heavy atom. The first-order valence-electron chi connectivity index (χ1n) is 9.14. The summed E-state index contributed by atoms with van der Waals surface area (Å²) in [4.78, 5) is 20.9. The van der Waals surface area contributed by atoms with Gasteiger partial charge in [-0.3, -0.25) is 0 Å². The molecule has 0 amide bonds. The first kappa shape index (κ1) is 19.5. The number of hydrogen-bond acceptors (Lipinski definition) is 5. The molecule has 1 heterocycles. The molecule has 28 heavy (non-hydrogen) atoms. The number of benzene rings is 2. The second kappa shape index (κ2) is 7.80. The number of rotatable bonds is 3. The molecule has 0 aliphatic heterocycles. The van der Waals surface area contributed by atoms with Crippen LogP contribution >= 0.6 is 0 Å². The lowest BCUT2D eigenvalue weighted by atomic mass is 10.1. The fraction of sp³-hybridized carbons (Fsp3) is 0.261. The van der Waals surface area contributed by atoms with Crippen LogP contribution in [0.2, 0.25) is 0 Å². The van der Waals surface area contributed by atoms with Crippen LogP contribution in [0.1, 0.15) is 31.9 Å². The highest BCUT2D eigenvalue weighted by Gasteiger charge is 2.20. The number of aromatic nitrogens is 2. The van der Waals surface area contributed by atoms with Crippen LogP contribution in [0.4, 0.5) is 4.79 Å². The van der Waals surface area contributed by atoms with Gasteiger partial charge in [0, 0.05) is 11.1 Å². The van der Waals surface area contributed by atoms with Crippen LogP contribution < -0.4 is 4.74 Å². The van der Waals surface area contributed by atoms with Gasteiger partial charge < -0.3 is 9.47 Å². The molecule has 0 saturated carbocycles. The molecule has 0 aliphatic rings. The van der Waals surface area contributed by atoms with E-state index in [0.29, 0.717) is 11.4 Å².